The number of carbonyl (C=O) groups is 1. The highest BCUT2D eigenvalue weighted by atomic mass is 19.1. The van der Waals surface area contributed by atoms with Crippen LogP contribution in [0.1, 0.15) is 23.6 Å². The maximum absolute atomic E-state index is 13.1. The van der Waals surface area contributed by atoms with E-state index in [-0.39, 0.29) is 11.7 Å². The average Bonchev–Trinajstić information content (AvgIpc) is 3.28. The van der Waals surface area contributed by atoms with E-state index in [2.05, 4.69) is 5.32 Å². The van der Waals surface area contributed by atoms with Gasteiger partial charge in [0.1, 0.15) is 22.9 Å². The fraction of sp³-hybridized carbons (Fsp3) is 0.179. The quantitative estimate of drug-likeness (QED) is 0.330. The van der Waals surface area contributed by atoms with Gasteiger partial charge in [0.2, 0.25) is 5.91 Å². The largest absolute Gasteiger partial charge is 0.497 e. The van der Waals surface area contributed by atoms with E-state index in [4.69, 9.17) is 13.9 Å². The van der Waals surface area contributed by atoms with E-state index in [1.165, 1.54) is 12.1 Å². The number of methoxy groups -OCH3 is 2. The van der Waals surface area contributed by atoms with Gasteiger partial charge in [0, 0.05) is 34.7 Å². The van der Waals surface area contributed by atoms with Crippen LogP contribution in [0, 0.1) is 12.7 Å². The van der Waals surface area contributed by atoms with Gasteiger partial charge in [-0.15, -0.1) is 0 Å². The Labute approximate surface area is 197 Å². The molecule has 0 saturated carbocycles. The van der Waals surface area contributed by atoms with E-state index in [1.54, 1.807) is 38.7 Å². The summed E-state index contributed by atoms with van der Waals surface area (Å²) in [5, 5.41) is 3.77. The summed E-state index contributed by atoms with van der Waals surface area (Å²) in [7, 11) is 3.24. The zero-order valence-electron chi connectivity index (χ0n) is 19.6. The first kappa shape index (κ1) is 23.1. The molecule has 1 aromatic heterocycles. The van der Waals surface area contributed by atoms with E-state index in [0.29, 0.717) is 12.3 Å². The van der Waals surface area contributed by atoms with Crippen molar-refractivity contribution in [3.05, 3.63) is 89.4 Å². The zero-order chi connectivity index (χ0) is 24.2. The van der Waals surface area contributed by atoms with Crippen LogP contribution < -0.4 is 14.8 Å². The minimum Gasteiger partial charge on any atom is -0.497 e. The molecular formula is C28H26FNO4. The third-order valence-corrected chi connectivity index (χ3v) is 5.80. The van der Waals surface area contributed by atoms with Gasteiger partial charge in [0.15, 0.2) is 0 Å². The van der Waals surface area contributed by atoms with Gasteiger partial charge in [-0.2, -0.15) is 0 Å². The van der Waals surface area contributed by atoms with Crippen LogP contribution in [0.3, 0.4) is 0 Å². The standard InChI is InChI=1S/C28H26FNO4/c1-17(13-26(31)30-15-19-5-9-21(29)10-6-19)23-14-24-25(20-7-11-22(32-3)12-8-20)16-34-28(24)18(2)27(23)33-4/h5-14,16H,15H2,1-4H3,(H,30,31)/b17-13+. The smallest absolute Gasteiger partial charge is 0.244 e. The summed E-state index contributed by atoms with van der Waals surface area (Å²) in [4.78, 5) is 12.6. The molecule has 0 aliphatic rings. The number of hydrogen-bond acceptors (Lipinski definition) is 4. The van der Waals surface area contributed by atoms with Gasteiger partial charge >= 0.3 is 0 Å². The molecule has 0 fully saturated rings. The molecule has 0 saturated heterocycles. The van der Waals surface area contributed by atoms with Crippen molar-refractivity contribution < 1.29 is 23.1 Å². The SMILES string of the molecule is COc1ccc(-c2coc3c(C)c(OC)c(/C(C)=C/C(=O)NCc4ccc(F)cc4)cc23)cc1. The second-order valence-electron chi connectivity index (χ2n) is 8.01. The van der Waals surface area contributed by atoms with Crippen LogP contribution in [0.15, 0.2) is 71.4 Å². The average molecular weight is 460 g/mol. The van der Waals surface area contributed by atoms with Gasteiger partial charge in [-0.3, -0.25) is 4.79 Å². The molecule has 0 atom stereocenters. The predicted molar refractivity (Wildman–Crippen MR) is 131 cm³/mol. The third-order valence-electron chi connectivity index (χ3n) is 5.80. The Bertz CT molecular complexity index is 1350. The van der Waals surface area contributed by atoms with Crippen LogP contribution >= 0.6 is 0 Å². The lowest BCUT2D eigenvalue weighted by molar-refractivity contribution is -0.116. The van der Waals surface area contributed by atoms with Crippen molar-refractivity contribution >= 4 is 22.4 Å². The van der Waals surface area contributed by atoms with Gasteiger partial charge < -0.3 is 19.2 Å². The molecule has 5 nitrogen and oxygen atoms in total. The van der Waals surface area contributed by atoms with E-state index in [9.17, 15) is 9.18 Å². The molecule has 0 unspecified atom stereocenters. The molecule has 0 aliphatic carbocycles. The highest BCUT2D eigenvalue weighted by Crippen LogP contribution is 2.40. The Morgan fingerprint density at radius 2 is 1.76 bits per heavy atom. The topological polar surface area (TPSA) is 60.7 Å². The molecule has 1 amide bonds. The van der Waals surface area contributed by atoms with Crippen LogP contribution in [0.2, 0.25) is 0 Å². The van der Waals surface area contributed by atoms with Crippen molar-refractivity contribution in [3.8, 4) is 22.6 Å². The summed E-state index contributed by atoms with van der Waals surface area (Å²) in [6, 6.07) is 15.8. The molecule has 6 heteroatoms. The molecule has 0 bridgehead atoms. The van der Waals surface area contributed by atoms with E-state index >= 15 is 0 Å². The summed E-state index contributed by atoms with van der Waals surface area (Å²) >= 11 is 0. The summed E-state index contributed by atoms with van der Waals surface area (Å²) < 4.78 is 29.9. The fourth-order valence-electron chi connectivity index (χ4n) is 3.98. The number of ether oxygens (including phenoxy) is 2. The van der Waals surface area contributed by atoms with Crippen molar-refractivity contribution in [2.24, 2.45) is 0 Å². The lowest BCUT2D eigenvalue weighted by atomic mass is 9.96. The van der Waals surface area contributed by atoms with E-state index < -0.39 is 0 Å². The molecule has 4 aromatic rings. The molecule has 0 radical (unpaired) electrons. The molecular weight excluding hydrogens is 433 g/mol. The molecule has 1 heterocycles. The first-order valence-electron chi connectivity index (χ1n) is 10.9. The van der Waals surface area contributed by atoms with Crippen LogP contribution in [0.25, 0.3) is 27.7 Å². The van der Waals surface area contributed by atoms with Gasteiger partial charge in [0.05, 0.1) is 20.5 Å². The lowest BCUT2D eigenvalue weighted by Gasteiger charge is -2.13. The summed E-state index contributed by atoms with van der Waals surface area (Å²) in [5.41, 5.74) is 5.90. The van der Waals surface area contributed by atoms with E-state index in [1.807, 2.05) is 44.2 Å². The highest BCUT2D eigenvalue weighted by molar-refractivity contribution is 6.01. The monoisotopic (exact) mass is 459 g/mol. The molecule has 4 rings (SSSR count). The molecule has 174 valence electrons. The minimum absolute atomic E-state index is 0.246. The van der Waals surface area contributed by atoms with Crippen molar-refractivity contribution in [1.29, 1.82) is 0 Å². The second-order valence-corrected chi connectivity index (χ2v) is 8.01. The number of aryl methyl sites for hydroxylation is 1. The first-order chi connectivity index (χ1) is 16.4. The molecule has 34 heavy (non-hydrogen) atoms. The Kier molecular flexibility index (Phi) is 6.68. The van der Waals surface area contributed by atoms with Crippen molar-refractivity contribution in [2.75, 3.05) is 14.2 Å². The number of rotatable bonds is 7. The van der Waals surface area contributed by atoms with Gasteiger partial charge in [-0.25, -0.2) is 4.39 Å². The van der Waals surface area contributed by atoms with Crippen LogP contribution in [-0.2, 0) is 11.3 Å². The van der Waals surface area contributed by atoms with E-state index in [0.717, 1.165) is 50.1 Å². The molecule has 0 spiro atoms. The number of fused-ring (bicyclic) bond motifs is 1. The Morgan fingerprint density at radius 3 is 2.41 bits per heavy atom. The highest BCUT2D eigenvalue weighted by Gasteiger charge is 2.19. The molecule has 0 aliphatic heterocycles. The predicted octanol–water partition coefficient (Wildman–Crippen LogP) is 6.28. The Balaban J connectivity index is 1.67. The number of carbonyl (C=O) groups excluding carboxylic acids is 1. The fourth-order valence-corrected chi connectivity index (χ4v) is 3.98. The Morgan fingerprint density at radius 1 is 1.06 bits per heavy atom. The number of furan rings is 1. The summed E-state index contributed by atoms with van der Waals surface area (Å²) in [6.45, 7) is 4.11. The normalized spacial score (nSPS) is 11.5. The number of nitrogens with one attached hydrogen (secondary N) is 1. The lowest BCUT2D eigenvalue weighted by Crippen LogP contribution is -2.20. The first-order valence-corrected chi connectivity index (χ1v) is 10.9. The number of amides is 1. The molecule has 3 aromatic carbocycles. The minimum atomic E-state index is -0.308. The zero-order valence-corrected chi connectivity index (χ0v) is 19.6. The van der Waals surface area contributed by atoms with Crippen molar-refractivity contribution in [2.45, 2.75) is 20.4 Å². The number of halogens is 1. The number of hydrogen-bond donors (Lipinski definition) is 1. The van der Waals surface area contributed by atoms with Gasteiger partial charge in [-0.1, -0.05) is 24.3 Å². The molecule has 1 N–H and O–H groups in total. The third kappa shape index (κ3) is 4.66. The van der Waals surface area contributed by atoms with Crippen LogP contribution in [0.4, 0.5) is 4.39 Å². The summed E-state index contributed by atoms with van der Waals surface area (Å²) in [6.07, 6.45) is 3.27. The van der Waals surface area contributed by atoms with Crippen molar-refractivity contribution in [1.82, 2.24) is 5.32 Å². The summed E-state index contributed by atoms with van der Waals surface area (Å²) in [5.74, 6) is 0.880. The van der Waals surface area contributed by atoms with Gasteiger partial charge in [-0.05, 0) is 60.9 Å². The second kappa shape index (κ2) is 9.83. The maximum atomic E-state index is 13.1. The van der Waals surface area contributed by atoms with Crippen LogP contribution in [0.5, 0.6) is 11.5 Å². The number of allylic oxidation sites excluding steroid dienone is 1. The number of benzene rings is 3. The van der Waals surface area contributed by atoms with Crippen molar-refractivity contribution in [3.63, 3.8) is 0 Å². The van der Waals surface area contributed by atoms with Gasteiger partial charge in [0.25, 0.3) is 0 Å². The van der Waals surface area contributed by atoms with Crippen LogP contribution in [-0.4, -0.2) is 20.1 Å². The maximum Gasteiger partial charge on any atom is 0.244 e. The Hall–Kier alpha value is -4.06.